The van der Waals surface area contributed by atoms with Crippen LogP contribution in [0.2, 0.25) is 5.02 Å². The van der Waals surface area contributed by atoms with Crippen molar-refractivity contribution >= 4 is 11.6 Å². The highest BCUT2D eigenvalue weighted by Gasteiger charge is 2.28. The van der Waals surface area contributed by atoms with E-state index in [9.17, 15) is 4.39 Å². The summed E-state index contributed by atoms with van der Waals surface area (Å²) >= 11 is 5.78. The molecule has 1 aromatic carbocycles. The van der Waals surface area contributed by atoms with Crippen LogP contribution in [0, 0.1) is 5.82 Å². The highest BCUT2D eigenvalue weighted by Crippen LogP contribution is 2.18. The van der Waals surface area contributed by atoms with E-state index in [0.29, 0.717) is 23.6 Å². The maximum atomic E-state index is 13.9. The Morgan fingerprint density at radius 2 is 2.38 bits per heavy atom. The number of morpholine rings is 1. The highest BCUT2D eigenvalue weighted by atomic mass is 35.5. The largest absolute Gasteiger partial charge is 0.374 e. The normalized spacial score (nSPS) is 21.4. The number of rotatable bonds is 6. The number of halogens is 2. The average Bonchev–Trinajstić information content (AvgIpc) is 2.47. The molecule has 0 aromatic heterocycles. The molecule has 0 spiro atoms. The predicted molar refractivity (Wildman–Crippen MR) is 82.7 cm³/mol. The first kappa shape index (κ1) is 16.6. The molecule has 2 atom stereocenters. The Labute approximate surface area is 130 Å². The zero-order chi connectivity index (χ0) is 15.2. The summed E-state index contributed by atoms with van der Waals surface area (Å²) in [6.45, 7) is 5.65. The molecule has 0 saturated carbocycles. The monoisotopic (exact) mass is 315 g/mol. The molecule has 118 valence electrons. The fraction of sp³-hybridized carbons (Fsp3) is 0.600. The molecule has 0 amide bonds. The van der Waals surface area contributed by atoms with Gasteiger partial charge < -0.3 is 4.74 Å². The second-order valence-electron chi connectivity index (χ2n) is 5.42. The Bertz CT molecular complexity index is 459. The lowest BCUT2D eigenvalue weighted by Crippen LogP contribution is -2.55. The van der Waals surface area contributed by atoms with Crippen LogP contribution in [-0.4, -0.2) is 43.3 Å². The van der Waals surface area contributed by atoms with Crippen molar-refractivity contribution in [1.82, 2.24) is 10.3 Å². The van der Waals surface area contributed by atoms with Crippen LogP contribution in [0.4, 0.5) is 4.39 Å². The van der Waals surface area contributed by atoms with E-state index in [4.69, 9.17) is 22.2 Å². The average molecular weight is 316 g/mol. The van der Waals surface area contributed by atoms with Crippen molar-refractivity contribution in [2.45, 2.75) is 31.9 Å². The van der Waals surface area contributed by atoms with Crippen LogP contribution in [0.25, 0.3) is 0 Å². The lowest BCUT2D eigenvalue weighted by molar-refractivity contribution is -0.0463. The Morgan fingerprint density at radius 3 is 3.05 bits per heavy atom. The SMILES string of the molecule is CCCN1CCOC(C(Cc2ccc(Cl)cc2F)NN)C1. The van der Waals surface area contributed by atoms with E-state index in [0.717, 1.165) is 26.1 Å². The van der Waals surface area contributed by atoms with E-state index in [-0.39, 0.29) is 18.0 Å². The summed E-state index contributed by atoms with van der Waals surface area (Å²) < 4.78 is 19.7. The number of hydrazine groups is 1. The first-order chi connectivity index (χ1) is 10.1. The third kappa shape index (κ3) is 4.63. The zero-order valence-corrected chi connectivity index (χ0v) is 13.1. The third-order valence-corrected chi connectivity index (χ3v) is 4.07. The molecule has 2 rings (SSSR count). The molecule has 1 heterocycles. The van der Waals surface area contributed by atoms with Gasteiger partial charge in [-0.05, 0) is 37.1 Å². The topological polar surface area (TPSA) is 50.5 Å². The molecule has 3 N–H and O–H groups in total. The van der Waals surface area contributed by atoms with E-state index < -0.39 is 0 Å². The molecule has 2 unspecified atom stereocenters. The number of benzene rings is 1. The zero-order valence-electron chi connectivity index (χ0n) is 12.3. The minimum Gasteiger partial charge on any atom is -0.374 e. The van der Waals surface area contributed by atoms with Gasteiger partial charge in [0, 0.05) is 18.1 Å². The third-order valence-electron chi connectivity index (χ3n) is 3.84. The van der Waals surface area contributed by atoms with Crippen molar-refractivity contribution in [3.63, 3.8) is 0 Å². The van der Waals surface area contributed by atoms with Crippen molar-refractivity contribution in [1.29, 1.82) is 0 Å². The van der Waals surface area contributed by atoms with Gasteiger partial charge in [-0.15, -0.1) is 0 Å². The second-order valence-corrected chi connectivity index (χ2v) is 5.86. The first-order valence-electron chi connectivity index (χ1n) is 7.38. The Kier molecular flexibility index (Phi) is 6.39. The summed E-state index contributed by atoms with van der Waals surface area (Å²) in [7, 11) is 0. The van der Waals surface area contributed by atoms with Crippen molar-refractivity contribution < 1.29 is 9.13 Å². The number of ether oxygens (including phenoxy) is 1. The molecular weight excluding hydrogens is 293 g/mol. The van der Waals surface area contributed by atoms with Gasteiger partial charge in [0.1, 0.15) is 5.82 Å². The summed E-state index contributed by atoms with van der Waals surface area (Å²) in [5.41, 5.74) is 3.37. The van der Waals surface area contributed by atoms with Crippen molar-refractivity contribution in [2.24, 2.45) is 5.84 Å². The molecule has 0 bridgehead atoms. The minimum absolute atomic E-state index is 0.0367. The van der Waals surface area contributed by atoms with Gasteiger partial charge in [0.25, 0.3) is 0 Å². The lowest BCUT2D eigenvalue weighted by atomic mass is 10.00. The summed E-state index contributed by atoms with van der Waals surface area (Å²) in [4.78, 5) is 2.36. The number of nitrogens with one attached hydrogen (secondary N) is 1. The molecule has 1 aliphatic rings. The van der Waals surface area contributed by atoms with Crippen LogP contribution in [0.15, 0.2) is 18.2 Å². The number of hydrogen-bond acceptors (Lipinski definition) is 4. The van der Waals surface area contributed by atoms with E-state index >= 15 is 0 Å². The first-order valence-corrected chi connectivity index (χ1v) is 7.75. The van der Waals surface area contributed by atoms with Crippen LogP contribution in [-0.2, 0) is 11.2 Å². The van der Waals surface area contributed by atoms with Gasteiger partial charge in [-0.2, -0.15) is 0 Å². The molecule has 1 aromatic rings. The molecule has 6 heteroatoms. The van der Waals surface area contributed by atoms with Gasteiger partial charge in [-0.3, -0.25) is 16.2 Å². The number of nitrogens with two attached hydrogens (primary N) is 1. The van der Waals surface area contributed by atoms with Crippen LogP contribution in [0.5, 0.6) is 0 Å². The molecule has 21 heavy (non-hydrogen) atoms. The fourth-order valence-electron chi connectivity index (χ4n) is 2.72. The summed E-state index contributed by atoms with van der Waals surface area (Å²) in [5, 5.41) is 0.400. The molecule has 0 radical (unpaired) electrons. The Hall–Kier alpha value is -0.720. The van der Waals surface area contributed by atoms with Crippen LogP contribution < -0.4 is 11.3 Å². The Balaban J connectivity index is 2.01. The van der Waals surface area contributed by atoms with Crippen molar-refractivity contribution in [2.75, 3.05) is 26.2 Å². The lowest BCUT2D eigenvalue weighted by Gasteiger charge is -2.36. The summed E-state index contributed by atoms with van der Waals surface area (Å²) in [6, 6.07) is 4.60. The van der Waals surface area contributed by atoms with Gasteiger partial charge >= 0.3 is 0 Å². The van der Waals surface area contributed by atoms with Gasteiger partial charge in [-0.1, -0.05) is 24.6 Å². The molecule has 4 nitrogen and oxygen atoms in total. The van der Waals surface area contributed by atoms with Gasteiger partial charge in [0.05, 0.1) is 18.8 Å². The summed E-state index contributed by atoms with van der Waals surface area (Å²) in [6.07, 6.45) is 1.55. The standard InChI is InChI=1S/C15H23ClFN3O/c1-2-5-20-6-7-21-15(10-20)14(19-18)8-11-3-4-12(16)9-13(11)17/h3-4,9,14-15,19H,2,5-8,10,18H2,1H3. The van der Waals surface area contributed by atoms with Crippen molar-refractivity contribution in [3.8, 4) is 0 Å². The molecule has 1 saturated heterocycles. The van der Waals surface area contributed by atoms with Crippen LogP contribution in [0.1, 0.15) is 18.9 Å². The highest BCUT2D eigenvalue weighted by molar-refractivity contribution is 6.30. The molecule has 1 aliphatic heterocycles. The molecular formula is C15H23ClFN3O. The minimum atomic E-state index is -0.302. The van der Waals surface area contributed by atoms with Gasteiger partial charge in [0.2, 0.25) is 0 Å². The van der Waals surface area contributed by atoms with Gasteiger partial charge in [0.15, 0.2) is 0 Å². The second kappa shape index (κ2) is 8.06. The fourth-order valence-corrected chi connectivity index (χ4v) is 2.87. The summed E-state index contributed by atoms with van der Waals surface area (Å²) in [5.74, 6) is 5.35. The maximum absolute atomic E-state index is 13.9. The quantitative estimate of drug-likeness (QED) is 0.622. The molecule has 1 fully saturated rings. The van der Waals surface area contributed by atoms with Crippen LogP contribution in [0.3, 0.4) is 0 Å². The van der Waals surface area contributed by atoms with E-state index in [1.165, 1.54) is 6.07 Å². The van der Waals surface area contributed by atoms with E-state index in [2.05, 4.69) is 17.2 Å². The maximum Gasteiger partial charge on any atom is 0.127 e. The van der Waals surface area contributed by atoms with Crippen molar-refractivity contribution in [3.05, 3.63) is 34.6 Å². The Morgan fingerprint density at radius 1 is 1.57 bits per heavy atom. The van der Waals surface area contributed by atoms with Gasteiger partial charge in [-0.25, -0.2) is 4.39 Å². The number of hydrogen-bond donors (Lipinski definition) is 2. The molecule has 0 aliphatic carbocycles. The van der Waals surface area contributed by atoms with E-state index in [1.54, 1.807) is 12.1 Å². The van der Waals surface area contributed by atoms with Crippen LogP contribution >= 0.6 is 11.6 Å². The number of nitrogens with zero attached hydrogens (tertiary/aromatic N) is 1. The smallest absolute Gasteiger partial charge is 0.127 e. The van der Waals surface area contributed by atoms with E-state index in [1.807, 2.05) is 0 Å². The predicted octanol–water partition coefficient (Wildman–Crippen LogP) is 1.96.